The van der Waals surface area contributed by atoms with E-state index >= 15 is 0 Å². The molecule has 2 N–H and O–H groups in total. The zero-order valence-corrected chi connectivity index (χ0v) is 14.3. The maximum absolute atomic E-state index is 5.84. The Bertz CT molecular complexity index is 847. The first-order valence-corrected chi connectivity index (χ1v) is 8.72. The number of para-hydroxylation sites is 1. The van der Waals surface area contributed by atoms with E-state index in [9.17, 15) is 0 Å². The van der Waals surface area contributed by atoms with Gasteiger partial charge >= 0.3 is 0 Å². The quantitative estimate of drug-likeness (QED) is 0.765. The van der Waals surface area contributed by atoms with Gasteiger partial charge in [-0.25, -0.2) is 9.97 Å². The zero-order valence-electron chi connectivity index (χ0n) is 14.3. The van der Waals surface area contributed by atoms with Gasteiger partial charge < -0.3 is 15.4 Å². The molecule has 2 aromatic carbocycles. The van der Waals surface area contributed by atoms with E-state index in [1.54, 1.807) is 0 Å². The molecule has 3 aromatic rings. The SMILES string of the molecule is CC(Nc1nc(C2CNCCO2)nc2ccccc12)c1ccccc1. The van der Waals surface area contributed by atoms with E-state index in [0.717, 1.165) is 35.6 Å². The van der Waals surface area contributed by atoms with Gasteiger partial charge in [0.05, 0.1) is 12.1 Å². The molecular weight excluding hydrogens is 312 g/mol. The minimum absolute atomic E-state index is 0.106. The fourth-order valence-corrected chi connectivity index (χ4v) is 3.11. The molecule has 0 saturated carbocycles. The number of hydrogen-bond donors (Lipinski definition) is 2. The fourth-order valence-electron chi connectivity index (χ4n) is 3.11. The molecule has 25 heavy (non-hydrogen) atoms. The molecule has 1 aromatic heterocycles. The van der Waals surface area contributed by atoms with Crippen LogP contribution in [-0.4, -0.2) is 29.7 Å². The maximum atomic E-state index is 5.84. The molecule has 1 saturated heterocycles. The van der Waals surface area contributed by atoms with Crippen LogP contribution in [0.5, 0.6) is 0 Å². The normalized spacial score (nSPS) is 18.8. The van der Waals surface area contributed by atoms with Crippen molar-refractivity contribution >= 4 is 16.7 Å². The van der Waals surface area contributed by atoms with Crippen molar-refractivity contribution in [1.82, 2.24) is 15.3 Å². The minimum Gasteiger partial charge on any atom is -0.368 e. The Morgan fingerprint density at radius 2 is 1.88 bits per heavy atom. The predicted molar refractivity (Wildman–Crippen MR) is 99.6 cm³/mol. The van der Waals surface area contributed by atoms with Gasteiger partial charge in [-0.15, -0.1) is 0 Å². The number of aromatic nitrogens is 2. The largest absolute Gasteiger partial charge is 0.368 e. The van der Waals surface area contributed by atoms with Crippen molar-refractivity contribution < 1.29 is 4.74 Å². The molecule has 0 bridgehead atoms. The number of morpholine rings is 1. The number of ether oxygens (including phenoxy) is 1. The van der Waals surface area contributed by atoms with Crippen molar-refractivity contribution in [2.45, 2.75) is 19.1 Å². The van der Waals surface area contributed by atoms with Crippen LogP contribution >= 0.6 is 0 Å². The number of benzene rings is 2. The third-order valence-corrected chi connectivity index (χ3v) is 4.49. The summed E-state index contributed by atoms with van der Waals surface area (Å²) in [6, 6.07) is 18.6. The third-order valence-electron chi connectivity index (χ3n) is 4.49. The summed E-state index contributed by atoms with van der Waals surface area (Å²) >= 11 is 0. The molecule has 5 nitrogen and oxygen atoms in total. The Balaban J connectivity index is 1.70. The number of anilines is 1. The Labute approximate surface area is 147 Å². The second kappa shape index (κ2) is 7.17. The highest BCUT2D eigenvalue weighted by Crippen LogP contribution is 2.27. The number of rotatable bonds is 4. The van der Waals surface area contributed by atoms with E-state index < -0.39 is 0 Å². The molecule has 5 heteroatoms. The van der Waals surface area contributed by atoms with Crippen molar-refractivity contribution in [3.05, 3.63) is 66.0 Å². The Morgan fingerprint density at radius 1 is 1.08 bits per heavy atom. The van der Waals surface area contributed by atoms with E-state index in [-0.39, 0.29) is 12.1 Å². The lowest BCUT2D eigenvalue weighted by atomic mass is 10.1. The van der Waals surface area contributed by atoms with Crippen LogP contribution in [0.2, 0.25) is 0 Å². The highest BCUT2D eigenvalue weighted by Gasteiger charge is 2.21. The van der Waals surface area contributed by atoms with E-state index in [0.29, 0.717) is 6.61 Å². The first-order valence-electron chi connectivity index (χ1n) is 8.72. The van der Waals surface area contributed by atoms with Crippen LogP contribution in [-0.2, 0) is 4.74 Å². The first kappa shape index (κ1) is 16.0. The summed E-state index contributed by atoms with van der Waals surface area (Å²) in [5.74, 6) is 1.58. The van der Waals surface area contributed by atoms with Gasteiger partial charge in [0.25, 0.3) is 0 Å². The summed E-state index contributed by atoms with van der Waals surface area (Å²) in [5, 5.41) is 7.92. The summed E-state index contributed by atoms with van der Waals surface area (Å²) in [6.07, 6.45) is -0.106. The summed E-state index contributed by atoms with van der Waals surface area (Å²) in [6.45, 7) is 4.45. The Hall–Kier alpha value is -2.50. The van der Waals surface area contributed by atoms with Crippen molar-refractivity contribution in [2.75, 3.05) is 25.0 Å². The van der Waals surface area contributed by atoms with Crippen LogP contribution in [0, 0.1) is 0 Å². The summed E-state index contributed by atoms with van der Waals surface area (Å²) < 4.78 is 5.84. The molecule has 2 unspecified atom stereocenters. The lowest BCUT2D eigenvalue weighted by molar-refractivity contribution is 0.0224. The zero-order chi connectivity index (χ0) is 17.1. The highest BCUT2D eigenvalue weighted by molar-refractivity contribution is 5.89. The van der Waals surface area contributed by atoms with Crippen LogP contribution in [0.15, 0.2) is 54.6 Å². The average molecular weight is 334 g/mol. The van der Waals surface area contributed by atoms with Crippen LogP contribution < -0.4 is 10.6 Å². The molecule has 2 heterocycles. The molecule has 0 radical (unpaired) electrons. The molecule has 0 aliphatic carbocycles. The standard InChI is InChI=1S/C20H22N4O/c1-14(15-7-3-2-4-8-15)22-19-16-9-5-6-10-17(16)23-20(24-19)18-13-21-11-12-25-18/h2-10,14,18,21H,11-13H2,1H3,(H,22,23,24). The van der Waals surface area contributed by atoms with Crippen LogP contribution in [0.25, 0.3) is 10.9 Å². The maximum Gasteiger partial charge on any atom is 0.161 e. The molecule has 2 atom stereocenters. The molecule has 1 aliphatic heterocycles. The fraction of sp³-hybridized carbons (Fsp3) is 0.300. The van der Waals surface area contributed by atoms with E-state index in [1.165, 1.54) is 5.56 Å². The predicted octanol–water partition coefficient (Wildman–Crippen LogP) is 3.46. The molecule has 1 aliphatic rings. The van der Waals surface area contributed by atoms with Gasteiger partial charge in [0.15, 0.2) is 5.82 Å². The van der Waals surface area contributed by atoms with Gasteiger partial charge in [0.2, 0.25) is 0 Å². The lowest BCUT2D eigenvalue weighted by Gasteiger charge is -2.24. The second-order valence-electron chi connectivity index (χ2n) is 6.29. The van der Waals surface area contributed by atoms with Gasteiger partial charge in [0.1, 0.15) is 11.9 Å². The van der Waals surface area contributed by atoms with Crippen LogP contribution in [0.4, 0.5) is 5.82 Å². The Morgan fingerprint density at radius 3 is 2.68 bits per heavy atom. The van der Waals surface area contributed by atoms with Gasteiger partial charge in [-0.3, -0.25) is 0 Å². The summed E-state index contributed by atoms with van der Waals surface area (Å²) in [7, 11) is 0. The number of nitrogens with zero attached hydrogens (tertiary/aromatic N) is 2. The number of fused-ring (bicyclic) bond motifs is 1. The molecule has 0 spiro atoms. The smallest absolute Gasteiger partial charge is 0.161 e. The third kappa shape index (κ3) is 3.48. The monoisotopic (exact) mass is 334 g/mol. The van der Waals surface area contributed by atoms with E-state index in [1.807, 2.05) is 24.3 Å². The lowest BCUT2D eigenvalue weighted by Crippen LogP contribution is -2.34. The van der Waals surface area contributed by atoms with Crippen molar-refractivity contribution in [3.8, 4) is 0 Å². The van der Waals surface area contributed by atoms with Crippen molar-refractivity contribution in [3.63, 3.8) is 0 Å². The van der Waals surface area contributed by atoms with Gasteiger partial charge in [-0.05, 0) is 24.6 Å². The number of hydrogen-bond acceptors (Lipinski definition) is 5. The molecule has 4 rings (SSSR count). The molecule has 1 fully saturated rings. The topological polar surface area (TPSA) is 59.1 Å². The highest BCUT2D eigenvalue weighted by atomic mass is 16.5. The molecule has 0 amide bonds. The van der Waals surface area contributed by atoms with Gasteiger partial charge in [-0.2, -0.15) is 0 Å². The summed E-state index contributed by atoms with van der Waals surface area (Å²) in [5.41, 5.74) is 2.16. The van der Waals surface area contributed by atoms with Crippen molar-refractivity contribution in [2.24, 2.45) is 0 Å². The summed E-state index contributed by atoms with van der Waals surface area (Å²) in [4.78, 5) is 9.53. The van der Waals surface area contributed by atoms with Crippen LogP contribution in [0.1, 0.15) is 30.5 Å². The second-order valence-corrected chi connectivity index (χ2v) is 6.29. The van der Waals surface area contributed by atoms with Crippen molar-refractivity contribution in [1.29, 1.82) is 0 Å². The van der Waals surface area contributed by atoms with E-state index in [2.05, 4.69) is 47.9 Å². The average Bonchev–Trinajstić information content (AvgIpc) is 2.69. The molecule has 128 valence electrons. The van der Waals surface area contributed by atoms with Crippen LogP contribution in [0.3, 0.4) is 0 Å². The molecular formula is C20H22N4O. The minimum atomic E-state index is -0.106. The number of nitrogens with one attached hydrogen (secondary N) is 2. The Kier molecular flexibility index (Phi) is 4.59. The van der Waals surface area contributed by atoms with Gasteiger partial charge in [-0.1, -0.05) is 42.5 Å². The van der Waals surface area contributed by atoms with E-state index in [4.69, 9.17) is 14.7 Å². The van der Waals surface area contributed by atoms with Gasteiger partial charge in [0, 0.05) is 24.5 Å². The first-order chi connectivity index (χ1) is 12.3.